The summed E-state index contributed by atoms with van der Waals surface area (Å²) in [7, 11) is -4.38. The van der Waals surface area contributed by atoms with Crippen molar-refractivity contribution in [2.45, 2.75) is 43.5 Å². The van der Waals surface area contributed by atoms with Gasteiger partial charge in [-0.1, -0.05) is 11.6 Å². The molecule has 120 valence electrons. The van der Waals surface area contributed by atoms with Crippen LogP contribution in [0.4, 0.5) is 13.2 Å². The van der Waals surface area contributed by atoms with Gasteiger partial charge in [0.25, 0.3) is 0 Å². The van der Waals surface area contributed by atoms with E-state index in [1.165, 1.54) is 13.8 Å². The first kappa shape index (κ1) is 18.2. The smallest absolute Gasteiger partial charge is 0.393 e. The second kappa shape index (κ2) is 6.51. The third-order valence-corrected chi connectivity index (χ3v) is 4.47. The highest BCUT2D eigenvalue weighted by atomic mass is 35.5. The van der Waals surface area contributed by atoms with Crippen molar-refractivity contribution < 1.29 is 26.7 Å². The van der Waals surface area contributed by atoms with E-state index in [1.807, 2.05) is 0 Å². The van der Waals surface area contributed by atoms with Gasteiger partial charge in [0, 0.05) is 11.1 Å². The molecule has 0 radical (unpaired) electrons. The summed E-state index contributed by atoms with van der Waals surface area (Å²) in [5, 5.41) is 8.97. The lowest BCUT2D eigenvalue weighted by molar-refractivity contribution is -0.139. The first-order valence-corrected chi connectivity index (χ1v) is 7.86. The van der Waals surface area contributed by atoms with Crippen LogP contribution in [-0.2, 0) is 16.2 Å². The molecule has 0 saturated carbocycles. The van der Waals surface area contributed by atoms with Gasteiger partial charge in [0.05, 0.1) is 16.6 Å². The SMILES string of the molecule is CC(O)CC(C)NS(=O)(=O)c1ccc(Cl)cc1C(F)(F)F. The van der Waals surface area contributed by atoms with E-state index < -0.39 is 38.8 Å². The van der Waals surface area contributed by atoms with E-state index in [4.69, 9.17) is 11.6 Å². The van der Waals surface area contributed by atoms with Crippen LogP contribution in [-0.4, -0.2) is 25.7 Å². The number of hydrogen-bond donors (Lipinski definition) is 2. The summed E-state index contributed by atoms with van der Waals surface area (Å²) in [5.41, 5.74) is -1.33. The fourth-order valence-corrected chi connectivity index (χ4v) is 3.48. The summed E-state index contributed by atoms with van der Waals surface area (Å²) in [6, 6.07) is 1.73. The monoisotopic (exact) mass is 345 g/mol. The Balaban J connectivity index is 3.20. The van der Waals surface area contributed by atoms with Gasteiger partial charge in [-0.25, -0.2) is 13.1 Å². The lowest BCUT2D eigenvalue weighted by atomic mass is 10.2. The average molecular weight is 346 g/mol. The predicted octanol–water partition coefficient (Wildman–Crippen LogP) is 2.80. The third-order valence-electron chi connectivity index (χ3n) is 2.59. The predicted molar refractivity (Wildman–Crippen MR) is 72.5 cm³/mol. The molecule has 2 atom stereocenters. The van der Waals surface area contributed by atoms with Crippen molar-refractivity contribution in [3.05, 3.63) is 28.8 Å². The Bertz CT molecular complexity index is 602. The van der Waals surface area contributed by atoms with E-state index in [9.17, 15) is 26.7 Å². The molecule has 2 unspecified atom stereocenters. The second-order valence-corrected chi connectivity index (χ2v) is 6.86. The summed E-state index contributed by atoms with van der Waals surface area (Å²) in [6.45, 7) is 2.90. The van der Waals surface area contributed by atoms with E-state index in [0.29, 0.717) is 6.07 Å². The Morgan fingerprint density at radius 1 is 1.33 bits per heavy atom. The van der Waals surface area contributed by atoms with E-state index in [-0.39, 0.29) is 11.4 Å². The van der Waals surface area contributed by atoms with Gasteiger partial charge in [0.2, 0.25) is 10.0 Å². The van der Waals surface area contributed by atoms with Crippen LogP contribution in [0.15, 0.2) is 23.1 Å². The highest BCUT2D eigenvalue weighted by Crippen LogP contribution is 2.35. The molecule has 1 aromatic rings. The van der Waals surface area contributed by atoms with Crippen LogP contribution in [0.5, 0.6) is 0 Å². The van der Waals surface area contributed by atoms with Crippen molar-refractivity contribution in [3.63, 3.8) is 0 Å². The van der Waals surface area contributed by atoms with E-state index in [0.717, 1.165) is 12.1 Å². The number of halogens is 4. The van der Waals surface area contributed by atoms with E-state index in [1.54, 1.807) is 0 Å². The number of nitrogens with one attached hydrogen (secondary N) is 1. The van der Waals surface area contributed by atoms with Crippen molar-refractivity contribution in [2.75, 3.05) is 0 Å². The zero-order valence-corrected chi connectivity index (χ0v) is 12.9. The lowest BCUT2D eigenvalue weighted by Gasteiger charge is -2.18. The number of alkyl halides is 3. The molecule has 0 saturated heterocycles. The highest BCUT2D eigenvalue weighted by molar-refractivity contribution is 7.89. The molecule has 21 heavy (non-hydrogen) atoms. The average Bonchev–Trinajstić information content (AvgIpc) is 2.24. The second-order valence-electron chi connectivity index (χ2n) is 4.75. The first-order chi connectivity index (χ1) is 9.43. The molecule has 9 heteroatoms. The first-order valence-electron chi connectivity index (χ1n) is 6.00. The van der Waals surface area contributed by atoms with E-state index in [2.05, 4.69) is 4.72 Å². The maximum Gasteiger partial charge on any atom is 0.417 e. The molecular formula is C12H15ClF3NO3S. The zero-order chi connectivity index (χ0) is 16.4. The van der Waals surface area contributed by atoms with Crippen molar-refractivity contribution in [2.24, 2.45) is 0 Å². The number of aliphatic hydroxyl groups is 1. The molecule has 1 rings (SSSR count). The van der Waals surface area contributed by atoms with Gasteiger partial charge < -0.3 is 5.11 Å². The van der Waals surface area contributed by atoms with Crippen LogP contribution in [0.1, 0.15) is 25.8 Å². The molecule has 0 aliphatic carbocycles. The van der Waals surface area contributed by atoms with Gasteiger partial charge in [-0.3, -0.25) is 0 Å². The van der Waals surface area contributed by atoms with Crippen molar-refractivity contribution >= 4 is 21.6 Å². The Kier molecular flexibility index (Phi) is 5.65. The number of aliphatic hydroxyl groups excluding tert-OH is 1. The number of rotatable bonds is 5. The number of hydrogen-bond acceptors (Lipinski definition) is 3. The molecule has 0 aromatic heterocycles. The summed E-state index contributed by atoms with van der Waals surface area (Å²) >= 11 is 5.50. The van der Waals surface area contributed by atoms with Gasteiger partial charge in [-0.15, -0.1) is 0 Å². The fourth-order valence-electron chi connectivity index (χ4n) is 1.85. The largest absolute Gasteiger partial charge is 0.417 e. The van der Waals surface area contributed by atoms with Crippen LogP contribution < -0.4 is 4.72 Å². The normalized spacial score (nSPS) is 15.8. The quantitative estimate of drug-likeness (QED) is 0.862. The molecular weight excluding hydrogens is 331 g/mol. The minimum absolute atomic E-state index is 0.0776. The number of sulfonamides is 1. The molecule has 2 N–H and O–H groups in total. The minimum Gasteiger partial charge on any atom is -0.393 e. The Hall–Kier alpha value is -0.830. The molecule has 1 aromatic carbocycles. The van der Waals surface area contributed by atoms with Crippen molar-refractivity contribution in [1.82, 2.24) is 4.72 Å². The lowest BCUT2D eigenvalue weighted by Crippen LogP contribution is -2.35. The van der Waals surface area contributed by atoms with Crippen LogP contribution >= 0.6 is 11.6 Å². The molecule has 0 fully saturated rings. The Morgan fingerprint density at radius 3 is 2.38 bits per heavy atom. The van der Waals surface area contributed by atoms with Gasteiger partial charge in [-0.2, -0.15) is 13.2 Å². The Labute approximate surface area is 126 Å². The van der Waals surface area contributed by atoms with Crippen molar-refractivity contribution in [1.29, 1.82) is 0 Å². The molecule has 0 heterocycles. The van der Waals surface area contributed by atoms with Crippen molar-refractivity contribution in [3.8, 4) is 0 Å². The van der Waals surface area contributed by atoms with Gasteiger partial charge in [0.1, 0.15) is 0 Å². The zero-order valence-electron chi connectivity index (χ0n) is 11.3. The number of benzene rings is 1. The van der Waals surface area contributed by atoms with Crippen LogP contribution in [0.2, 0.25) is 5.02 Å². The minimum atomic E-state index is -4.84. The molecule has 0 spiro atoms. The van der Waals surface area contributed by atoms with E-state index >= 15 is 0 Å². The van der Waals surface area contributed by atoms with Crippen LogP contribution in [0, 0.1) is 0 Å². The maximum absolute atomic E-state index is 12.9. The molecule has 0 aliphatic rings. The fraction of sp³-hybridized carbons (Fsp3) is 0.500. The summed E-state index contributed by atoms with van der Waals surface area (Å²) in [4.78, 5) is -0.892. The van der Waals surface area contributed by atoms with Gasteiger partial charge in [0.15, 0.2) is 0 Å². The van der Waals surface area contributed by atoms with Gasteiger partial charge in [-0.05, 0) is 38.5 Å². The van der Waals surface area contributed by atoms with Gasteiger partial charge >= 0.3 is 6.18 Å². The molecule has 0 aliphatic heterocycles. The van der Waals surface area contributed by atoms with Crippen LogP contribution in [0.25, 0.3) is 0 Å². The topological polar surface area (TPSA) is 66.4 Å². The summed E-state index contributed by atoms with van der Waals surface area (Å²) in [6.07, 6.45) is -5.55. The highest BCUT2D eigenvalue weighted by Gasteiger charge is 2.37. The summed E-state index contributed by atoms with van der Waals surface area (Å²) < 4.78 is 65.0. The third kappa shape index (κ3) is 5.14. The maximum atomic E-state index is 12.9. The molecule has 4 nitrogen and oxygen atoms in total. The summed E-state index contributed by atoms with van der Waals surface area (Å²) in [5.74, 6) is 0. The standard InChI is InChI=1S/C12H15ClF3NO3S/c1-7(5-8(2)18)17-21(19,20)11-4-3-9(13)6-10(11)12(14,15)16/h3-4,6-8,17-18H,5H2,1-2H3. The molecule has 0 amide bonds. The Morgan fingerprint density at radius 2 is 1.90 bits per heavy atom. The molecule has 0 bridgehead atoms. The van der Waals surface area contributed by atoms with Crippen LogP contribution in [0.3, 0.4) is 0 Å².